The summed E-state index contributed by atoms with van der Waals surface area (Å²) in [6.45, 7) is 1.15. The van der Waals surface area contributed by atoms with Gasteiger partial charge in [-0.05, 0) is 53.1 Å². The molecule has 0 fully saturated rings. The minimum absolute atomic E-state index is 0.253. The summed E-state index contributed by atoms with van der Waals surface area (Å²) in [5, 5.41) is 13.0. The van der Waals surface area contributed by atoms with Crippen LogP contribution in [0, 0.1) is 0 Å². The molecule has 35 heavy (non-hydrogen) atoms. The highest BCUT2D eigenvalue weighted by Crippen LogP contribution is 2.33. The van der Waals surface area contributed by atoms with Crippen LogP contribution in [0.1, 0.15) is 28.9 Å². The number of aliphatic hydroxyl groups excluding tert-OH is 1. The van der Waals surface area contributed by atoms with Crippen LogP contribution in [0.25, 0.3) is 0 Å². The molecule has 0 aromatic heterocycles. The van der Waals surface area contributed by atoms with Crippen molar-refractivity contribution in [2.75, 3.05) is 13.2 Å². The van der Waals surface area contributed by atoms with Crippen molar-refractivity contribution in [2.24, 2.45) is 0 Å². The van der Waals surface area contributed by atoms with Crippen LogP contribution < -0.4 is 0 Å². The minimum atomic E-state index is -0.666. The second kappa shape index (κ2) is 12.1. The third-order valence-electron chi connectivity index (χ3n) is 5.67. The summed E-state index contributed by atoms with van der Waals surface area (Å²) < 4.78 is 6.29. The lowest BCUT2D eigenvalue weighted by Gasteiger charge is -2.32. The summed E-state index contributed by atoms with van der Waals surface area (Å²) in [5.41, 5.74) is 1.96. The molecule has 0 saturated carbocycles. The summed E-state index contributed by atoms with van der Waals surface area (Å²) >= 11 is 31.4. The molecule has 0 aliphatic carbocycles. The summed E-state index contributed by atoms with van der Waals surface area (Å²) in [5.74, 6) is 0. The maximum atomic E-state index is 10.6. The van der Waals surface area contributed by atoms with Crippen molar-refractivity contribution in [2.45, 2.75) is 24.3 Å². The molecule has 9 heteroatoms. The normalized spacial score (nSPS) is 15.9. The Morgan fingerprint density at radius 2 is 1.40 bits per heavy atom. The molecule has 1 aliphatic rings. The van der Waals surface area contributed by atoms with Gasteiger partial charge in [0.05, 0.1) is 19.4 Å². The topological polar surface area (TPSA) is 35.9 Å². The highest BCUT2D eigenvalue weighted by molar-refractivity contribution is 6.35. The van der Waals surface area contributed by atoms with Gasteiger partial charge in [0, 0.05) is 39.0 Å². The second-order valence-corrected chi connectivity index (χ2v) is 10.3. The van der Waals surface area contributed by atoms with Crippen LogP contribution in [0.5, 0.6) is 0 Å². The second-order valence-electron chi connectivity index (χ2n) is 8.18. The van der Waals surface area contributed by atoms with Crippen molar-refractivity contribution in [1.82, 2.24) is 9.80 Å². The van der Waals surface area contributed by atoms with E-state index in [2.05, 4.69) is 0 Å². The average molecular weight is 573 g/mol. The third-order valence-corrected chi connectivity index (χ3v) is 7.25. The van der Waals surface area contributed by atoms with E-state index >= 15 is 0 Å². The molecule has 1 aliphatic heterocycles. The Morgan fingerprint density at radius 3 is 2.03 bits per heavy atom. The molecular weight excluding hydrogens is 550 g/mol. The molecule has 4 rings (SSSR count). The van der Waals surface area contributed by atoms with Crippen molar-refractivity contribution in [3.05, 3.63) is 116 Å². The molecule has 0 spiro atoms. The lowest BCUT2D eigenvalue weighted by Crippen LogP contribution is -2.36. The van der Waals surface area contributed by atoms with Crippen molar-refractivity contribution < 1.29 is 9.84 Å². The Labute approximate surface area is 230 Å². The maximum absolute atomic E-state index is 10.6. The van der Waals surface area contributed by atoms with Crippen LogP contribution in [-0.4, -0.2) is 33.6 Å². The van der Waals surface area contributed by atoms with Crippen LogP contribution in [-0.2, 0) is 11.3 Å². The predicted octanol–water partition coefficient (Wildman–Crippen LogP) is 7.90. The highest BCUT2D eigenvalue weighted by atomic mass is 35.5. The number of β-amino-alcohol motifs (C(OH)–C–C–N with tert-alkyl or cyclic N) is 1. The Bertz CT molecular complexity index is 1160. The number of nitrogens with zero attached hydrogens (tertiary/aromatic N) is 2. The van der Waals surface area contributed by atoms with Gasteiger partial charge in [0.1, 0.15) is 11.6 Å². The van der Waals surface area contributed by atoms with Gasteiger partial charge >= 0.3 is 0 Å². The standard InChI is InChI=1S/C26H23Cl5N2O2/c27-20-6-1-17(2-7-20)24(34)14-32-11-12-33(16-32)26(31)25(18-3-8-21(28)9-4-18)35-15-19-5-10-22(29)13-23(19)30/h1-13,24-26,34H,14-16H2. The Morgan fingerprint density at radius 1 is 0.800 bits per heavy atom. The van der Waals surface area contributed by atoms with Gasteiger partial charge in [-0.2, -0.15) is 0 Å². The quantitative estimate of drug-likeness (QED) is 0.209. The van der Waals surface area contributed by atoms with Gasteiger partial charge in [-0.3, -0.25) is 0 Å². The van der Waals surface area contributed by atoms with Gasteiger partial charge in [0.15, 0.2) is 0 Å². The first-order chi connectivity index (χ1) is 16.8. The zero-order valence-corrected chi connectivity index (χ0v) is 22.3. The summed E-state index contributed by atoms with van der Waals surface area (Å²) in [4.78, 5) is 3.95. The number of alkyl halides is 1. The number of halogens is 5. The number of aliphatic hydroxyl groups is 1. The van der Waals surface area contributed by atoms with Crippen LogP contribution in [0.2, 0.25) is 20.1 Å². The van der Waals surface area contributed by atoms with Crippen molar-refractivity contribution in [3.8, 4) is 0 Å². The smallest absolute Gasteiger partial charge is 0.135 e. The fourth-order valence-electron chi connectivity index (χ4n) is 3.75. The van der Waals surface area contributed by atoms with E-state index < -0.39 is 17.7 Å². The van der Waals surface area contributed by atoms with E-state index in [1.54, 1.807) is 36.4 Å². The number of hydrogen-bond donors (Lipinski definition) is 1. The van der Waals surface area contributed by atoms with Crippen molar-refractivity contribution >= 4 is 58.0 Å². The van der Waals surface area contributed by atoms with Gasteiger partial charge < -0.3 is 19.6 Å². The first-order valence-corrected chi connectivity index (χ1v) is 12.8. The molecule has 184 valence electrons. The fraction of sp³-hybridized carbons (Fsp3) is 0.231. The Kier molecular flexibility index (Phi) is 9.12. The molecule has 4 nitrogen and oxygen atoms in total. The molecule has 0 radical (unpaired) electrons. The zero-order chi connectivity index (χ0) is 24.9. The maximum Gasteiger partial charge on any atom is 0.135 e. The van der Waals surface area contributed by atoms with Crippen molar-refractivity contribution in [1.29, 1.82) is 0 Å². The first-order valence-electron chi connectivity index (χ1n) is 10.9. The number of hydrogen-bond acceptors (Lipinski definition) is 4. The van der Waals surface area contributed by atoms with Gasteiger partial charge in [-0.15, -0.1) is 0 Å². The van der Waals surface area contributed by atoms with E-state index in [-0.39, 0.29) is 6.61 Å². The van der Waals surface area contributed by atoms with Gasteiger partial charge in [-0.25, -0.2) is 0 Å². The van der Waals surface area contributed by atoms with E-state index in [0.29, 0.717) is 33.3 Å². The van der Waals surface area contributed by atoms with Crippen molar-refractivity contribution in [3.63, 3.8) is 0 Å². The molecule has 1 N–H and O–H groups in total. The monoisotopic (exact) mass is 570 g/mol. The molecule has 0 bridgehead atoms. The zero-order valence-electron chi connectivity index (χ0n) is 18.5. The molecule has 3 aromatic carbocycles. The lowest BCUT2D eigenvalue weighted by molar-refractivity contribution is 0.00516. The average Bonchev–Trinajstić information content (AvgIpc) is 3.30. The largest absolute Gasteiger partial charge is 0.387 e. The SMILES string of the molecule is OC(CN1C=CN(C(Cl)C(OCc2ccc(Cl)cc2Cl)c2ccc(Cl)cc2)C1)c1ccc(Cl)cc1. The summed E-state index contributed by atoms with van der Waals surface area (Å²) in [7, 11) is 0. The van der Waals surface area contributed by atoms with E-state index in [9.17, 15) is 5.11 Å². The number of benzene rings is 3. The van der Waals surface area contributed by atoms with E-state index in [4.69, 9.17) is 62.7 Å². The Balaban J connectivity index is 1.44. The van der Waals surface area contributed by atoms with Crippen LogP contribution in [0.15, 0.2) is 79.1 Å². The van der Waals surface area contributed by atoms with Gasteiger partial charge in [0.25, 0.3) is 0 Å². The van der Waals surface area contributed by atoms with E-state index in [1.807, 2.05) is 52.5 Å². The minimum Gasteiger partial charge on any atom is -0.387 e. The van der Waals surface area contributed by atoms with Crippen LogP contribution >= 0.6 is 58.0 Å². The van der Waals surface area contributed by atoms with Gasteiger partial charge in [-0.1, -0.05) is 88.3 Å². The summed E-state index contributed by atoms with van der Waals surface area (Å²) in [6.07, 6.45) is 2.66. The lowest BCUT2D eigenvalue weighted by atomic mass is 10.1. The Hall–Kier alpha value is -1.63. The van der Waals surface area contributed by atoms with E-state index in [0.717, 1.165) is 16.7 Å². The number of ether oxygens (including phenoxy) is 1. The van der Waals surface area contributed by atoms with Crippen LogP contribution in [0.3, 0.4) is 0 Å². The van der Waals surface area contributed by atoms with Gasteiger partial charge in [0.2, 0.25) is 0 Å². The molecule has 0 amide bonds. The molecule has 0 saturated heterocycles. The molecular formula is C26H23Cl5N2O2. The van der Waals surface area contributed by atoms with E-state index in [1.165, 1.54) is 0 Å². The highest BCUT2D eigenvalue weighted by Gasteiger charge is 2.30. The molecule has 1 heterocycles. The van der Waals surface area contributed by atoms with Crippen LogP contribution in [0.4, 0.5) is 0 Å². The molecule has 3 unspecified atom stereocenters. The predicted molar refractivity (Wildman–Crippen MR) is 144 cm³/mol. The molecule has 3 aromatic rings. The third kappa shape index (κ3) is 6.99. The first kappa shape index (κ1) is 26.4. The molecule has 3 atom stereocenters. The summed E-state index contributed by atoms with van der Waals surface area (Å²) in [6, 6.07) is 19.9. The fourth-order valence-corrected chi connectivity index (χ4v) is 4.81. The number of rotatable bonds is 9.